The standard InChI is InChI=1S/C18H16O2/c19-17-8-7-13-9-15-12(10-16(13)18(17)20)6-5-11-3-1-2-4-14(11)15/h1-6,9-10,17-20H,7-8H2/t17-,18+/m1/s1. The van der Waals surface area contributed by atoms with Crippen LogP contribution in [0.3, 0.4) is 0 Å². The number of aliphatic hydroxyl groups is 2. The first-order chi connectivity index (χ1) is 9.74. The van der Waals surface area contributed by atoms with E-state index in [4.69, 9.17) is 0 Å². The van der Waals surface area contributed by atoms with Crippen molar-refractivity contribution in [3.63, 3.8) is 0 Å². The largest absolute Gasteiger partial charge is 0.390 e. The molecule has 0 bridgehead atoms. The van der Waals surface area contributed by atoms with Gasteiger partial charge in [0.05, 0.1) is 6.10 Å². The SMILES string of the molecule is O[C@@H]1CCc2cc3c(ccc4ccccc43)cc2[C@@H]1O. The third-order valence-electron chi connectivity index (χ3n) is 4.40. The Bertz CT molecular complexity index is 807. The van der Waals surface area contributed by atoms with Crippen LogP contribution in [-0.2, 0) is 6.42 Å². The zero-order chi connectivity index (χ0) is 13.7. The molecular formula is C18H16O2. The molecule has 1 aliphatic rings. The van der Waals surface area contributed by atoms with E-state index in [1.807, 2.05) is 12.1 Å². The van der Waals surface area contributed by atoms with Gasteiger partial charge in [0.25, 0.3) is 0 Å². The Kier molecular flexibility index (Phi) is 2.56. The van der Waals surface area contributed by atoms with E-state index in [0.717, 1.165) is 22.9 Å². The highest BCUT2D eigenvalue weighted by Crippen LogP contribution is 2.35. The molecule has 4 rings (SSSR count). The Morgan fingerprint density at radius 3 is 2.55 bits per heavy atom. The quantitative estimate of drug-likeness (QED) is 0.611. The number of fused-ring (bicyclic) bond motifs is 4. The lowest BCUT2D eigenvalue weighted by Crippen LogP contribution is -2.24. The molecule has 3 aromatic rings. The van der Waals surface area contributed by atoms with Crippen molar-refractivity contribution in [1.29, 1.82) is 0 Å². The van der Waals surface area contributed by atoms with Crippen molar-refractivity contribution in [3.8, 4) is 0 Å². The zero-order valence-corrected chi connectivity index (χ0v) is 11.1. The van der Waals surface area contributed by atoms with Gasteiger partial charge >= 0.3 is 0 Å². The summed E-state index contributed by atoms with van der Waals surface area (Å²) in [5.41, 5.74) is 2.04. The maximum atomic E-state index is 10.2. The zero-order valence-electron chi connectivity index (χ0n) is 11.1. The molecule has 20 heavy (non-hydrogen) atoms. The van der Waals surface area contributed by atoms with Gasteiger partial charge in [-0.2, -0.15) is 0 Å². The van der Waals surface area contributed by atoms with Gasteiger partial charge in [-0.15, -0.1) is 0 Å². The smallest absolute Gasteiger partial charge is 0.105 e. The number of aryl methyl sites for hydroxylation is 1. The van der Waals surface area contributed by atoms with Crippen LogP contribution >= 0.6 is 0 Å². The average molecular weight is 264 g/mol. The van der Waals surface area contributed by atoms with Crippen LogP contribution in [0, 0.1) is 0 Å². The summed E-state index contributed by atoms with van der Waals surface area (Å²) in [5.74, 6) is 0. The van der Waals surface area contributed by atoms with Crippen LogP contribution in [0.15, 0.2) is 48.5 Å². The molecule has 0 radical (unpaired) electrons. The number of benzene rings is 3. The molecule has 2 nitrogen and oxygen atoms in total. The van der Waals surface area contributed by atoms with Gasteiger partial charge in [-0.3, -0.25) is 0 Å². The van der Waals surface area contributed by atoms with E-state index < -0.39 is 12.2 Å². The third-order valence-corrected chi connectivity index (χ3v) is 4.40. The van der Waals surface area contributed by atoms with E-state index in [2.05, 4.69) is 36.4 Å². The van der Waals surface area contributed by atoms with Gasteiger partial charge in [-0.1, -0.05) is 42.5 Å². The second-order valence-corrected chi connectivity index (χ2v) is 5.61. The molecule has 0 fully saturated rings. The van der Waals surface area contributed by atoms with Gasteiger partial charge in [0, 0.05) is 0 Å². The van der Waals surface area contributed by atoms with Gasteiger partial charge in [0.1, 0.15) is 6.10 Å². The predicted molar refractivity (Wildman–Crippen MR) is 80.7 cm³/mol. The van der Waals surface area contributed by atoms with Crippen molar-refractivity contribution in [2.45, 2.75) is 25.0 Å². The summed E-state index contributed by atoms with van der Waals surface area (Å²) >= 11 is 0. The van der Waals surface area contributed by atoms with Gasteiger partial charge in [0.2, 0.25) is 0 Å². The molecule has 0 unspecified atom stereocenters. The van der Waals surface area contributed by atoms with Crippen LogP contribution in [0.4, 0.5) is 0 Å². The maximum Gasteiger partial charge on any atom is 0.105 e. The Morgan fingerprint density at radius 1 is 0.850 bits per heavy atom. The molecule has 2 atom stereocenters. The molecule has 0 amide bonds. The second kappa shape index (κ2) is 4.30. The average Bonchev–Trinajstić information content (AvgIpc) is 2.50. The van der Waals surface area contributed by atoms with Crippen LogP contribution < -0.4 is 0 Å². The van der Waals surface area contributed by atoms with E-state index in [9.17, 15) is 10.2 Å². The monoisotopic (exact) mass is 264 g/mol. The molecule has 0 aliphatic heterocycles. The topological polar surface area (TPSA) is 40.5 Å². The Labute approximate surface area is 117 Å². The molecule has 3 aromatic carbocycles. The summed E-state index contributed by atoms with van der Waals surface area (Å²) in [4.78, 5) is 0. The Hall–Kier alpha value is -1.90. The van der Waals surface area contributed by atoms with Crippen LogP contribution in [-0.4, -0.2) is 16.3 Å². The molecule has 2 N–H and O–H groups in total. The van der Waals surface area contributed by atoms with Crippen LogP contribution in [0.2, 0.25) is 0 Å². The maximum absolute atomic E-state index is 10.2. The van der Waals surface area contributed by atoms with Crippen molar-refractivity contribution in [1.82, 2.24) is 0 Å². The summed E-state index contributed by atoms with van der Waals surface area (Å²) in [5, 5.41) is 24.8. The van der Waals surface area contributed by atoms with E-state index in [0.29, 0.717) is 6.42 Å². The minimum atomic E-state index is -0.755. The molecule has 0 saturated heterocycles. The number of hydrogen-bond donors (Lipinski definition) is 2. The molecular weight excluding hydrogens is 248 g/mol. The van der Waals surface area contributed by atoms with Crippen LogP contribution in [0.25, 0.3) is 21.5 Å². The fourth-order valence-corrected chi connectivity index (χ4v) is 3.28. The molecule has 0 spiro atoms. The molecule has 100 valence electrons. The fraction of sp³-hybridized carbons (Fsp3) is 0.222. The van der Waals surface area contributed by atoms with E-state index in [-0.39, 0.29) is 0 Å². The lowest BCUT2D eigenvalue weighted by Gasteiger charge is -2.27. The molecule has 2 heteroatoms. The van der Waals surface area contributed by atoms with Crippen molar-refractivity contribution in [2.24, 2.45) is 0 Å². The van der Waals surface area contributed by atoms with Gasteiger partial charge in [-0.05, 0) is 51.6 Å². The Morgan fingerprint density at radius 2 is 1.65 bits per heavy atom. The molecule has 0 aromatic heterocycles. The minimum Gasteiger partial charge on any atom is -0.390 e. The summed E-state index contributed by atoms with van der Waals surface area (Å²) < 4.78 is 0. The normalized spacial score (nSPS) is 22.1. The van der Waals surface area contributed by atoms with Crippen molar-refractivity contribution >= 4 is 21.5 Å². The minimum absolute atomic E-state index is 0.629. The second-order valence-electron chi connectivity index (χ2n) is 5.61. The third kappa shape index (κ3) is 1.65. The molecule has 0 heterocycles. The first-order valence-electron chi connectivity index (χ1n) is 7.04. The Balaban J connectivity index is 2.05. The summed E-state index contributed by atoms with van der Waals surface area (Å²) in [6.45, 7) is 0. The first kappa shape index (κ1) is 11.9. The summed E-state index contributed by atoms with van der Waals surface area (Å²) in [6, 6.07) is 16.8. The van der Waals surface area contributed by atoms with Crippen LogP contribution in [0.5, 0.6) is 0 Å². The van der Waals surface area contributed by atoms with Crippen LogP contribution in [0.1, 0.15) is 23.7 Å². The molecule has 0 saturated carbocycles. The van der Waals surface area contributed by atoms with Gasteiger partial charge in [-0.25, -0.2) is 0 Å². The van der Waals surface area contributed by atoms with Crippen molar-refractivity contribution in [2.75, 3.05) is 0 Å². The van der Waals surface area contributed by atoms with Gasteiger partial charge in [0.15, 0.2) is 0 Å². The van der Waals surface area contributed by atoms with Crippen molar-refractivity contribution in [3.05, 3.63) is 59.7 Å². The lowest BCUT2D eigenvalue weighted by molar-refractivity contribution is 0.00660. The first-order valence-corrected chi connectivity index (χ1v) is 7.04. The lowest BCUT2D eigenvalue weighted by atomic mass is 9.85. The molecule has 1 aliphatic carbocycles. The number of hydrogen-bond acceptors (Lipinski definition) is 2. The summed E-state index contributed by atoms with van der Waals surface area (Å²) in [6.07, 6.45) is 0.0620. The number of rotatable bonds is 0. The fourth-order valence-electron chi connectivity index (χ4n) is 3.28. The van der Waals surface area contributed by atoms with Gasteiger partial charge < -0.3 is 10.2 Å². The summed E-state index contributed by atoms with van der Waals surface area (Å²) in [7, 11) is 0. The highest BCUT2D eigenvalue weighted by Gasteiger charge is 2.26. The number of aliphatic hydroxyl groups excluding tert-OH is 2. The highest BCUT2D eigenvalue weighted by atomic mass is 16.3. The van der Waals surface area contributed by atoms with Crippen molar-refractivity contribution < 1.29 is 10.2 Å². The van der Waals surface area contributed by atoms with E-state index >= 15 is 0 Å². The van der Waals surface area contributed by atoms with E-state index in [1.165, 1.54) is 16.2 Å². The van der Waals surface area contributed by atoms with E-state index in [1.54, 1.807) is 0 Å². The predicted octanol–water partition coefficient (Wildman–Crippen LogP) is 3.33. The highest BCUT2D eigenvalue weighted by molar-refractivity contribution is 6.07.